The van der Waals surface area contributed by atoms with Gasteiger partial charge in [-0.2, -0.15) is 0 Å². The minimum Gasteiger partial charge on any atom is -0.497 e. The normalized spacial score (nSPS) is 20.5. The molecule has 2 fully saturated rings. The van der Waals surface area contributed by atoms with E-state index in [0.717, 1.165) is 25.7 Å². The predicted molar refractivity (Wildman–Crippen MR) is 123 cm³/mol. The Morgan fingerprint density at radius 2 is 1.52 bits per heavy atom. The molecule has 0 spiro atoms. The summed E-state index contributed by atoms with van der Waals surface area (Å²) in [7, 11) is -0.980. The van der Waals surface area contributed by atoms with Crippen LogP contribution in [0.25, 0.3) is 0 Å². The number of benzene rings is 2. The van der Waals surface area contributed by atoms with Crippen LogP contribution >= 0.6 is 0 Å². The fourth-order valence-corrected chi connectivity index (χ4v) is 6.01. The van der Waals surface area contributed by atoms with E-state index in [1.165, 1.54) is 25.2 Å². The predicted octanol–water partition coefficient (Wildman–Crippen LogP) is 3.49. The zero-order valence-electron chi connectivity index (χ0n) is 19.0. The molecule has 1 saturated heterocycles. The quantitative estimate of drug-likeness (QED) is 0.619. The molecule has 1 N–H and O–H groups in total. The number of hydrogen-bond donors (Lipinski definition) is 1. The maximum atomic E-state index is 13.2. The molecule has 2 aromatic carbocycles. The number of imide groups is 1. The third kappa shape index (κ3) is 4.55. The number of hydrogen-bond acceptors (Lipinski definition) is 6. The van der Waals surface area contributed by atoms with Gasteiger partial charge >= 0.3 is 0 Å². The molecule has 0 aromatic heterocycles. The minimum absolute atomic E-state index is 0.0699. The smallest absolute Gasteiger partial charge is 0.262 e. The summed E-state index contributed by atoms with van der Waals surface area (Å²) in [6.07, 6.45) is 3.41. The summed E-state index contributed by atoms with van der Waals surface area (Å²) in [5, 5.41) is 0. The number of carbonyl (C=O) groups excluding carboxylic acids is 2. The van der Waals surface area contributed by atoms with Crippen LogP contribution < -0.4 is 14.2 Å². The van der Waals surface area contributed by atoms with Crippen molar-refractivity contribution in [3.8, 4) is 11.5 Å². The van der Waals surface area contributed by atoms with Crippen LogP contribution in [0.1, 0.15) is 36.8 Å². The molecule has 33 heavy (non-hydrogen) atoms. The van der Waals surface area contributed by atoms with Crippen molar-refractivity contribution in [1.82, 2.24) is 4.90 Å². The topological polar surface area (TPSA) is 102 Å². The zero-order chi connectivity index (χ0) is 23.8. The van der Waals surface area contributed by atoms with Gasteiger partial charge in [-0.05, 0) is 37.0 Å². The molecule has 2 amide bonds. The highest BCUT2D eigenvalue weighted by atomic mass is 32.2. The number of amides is 2. The lowest BCUT2D eigenvalue weighted by atomic mass is 9.81. The monoisotopic (exact) mass is 472 g/mol. The minimum atomic E-state index is -3.95. The van der Waals surface area contributed by atoms with Gasteiger partial charge in [-0.15, -0.1) is 0 Å². The van der Waals surface area contributed by atoms with Crippen molar-refractivity contribution in [1.29, 1.82) is 0 Å². The first-order chi connectivity index (χ1) is 15.7. The summed E-state index contributed by atoms with van der Waals surface area (Å²) >= 11 is 0. The van der Waals surface area contributed by atoms with Gasteiger partial charge in [0, 0.05) is 18.2 Å². The van der Waals surface area contributed by atoms with Crippen LogP contribution in [0.5, 0.6) is 11.5 Å². The van der Waals surface area contributed by atoms with Gasteiger partial charge in [0.2, 0.25) is 11.8 Å². The fourth-order valence-electron chi connectivity index (χ4n) is 4.68. The summed E-state index contributed by atoms with van der Waals surface area (Å²) in [5.74, 6) is 0.150. The Balaban J connectivity index is 1.59. The molecule has 2 aliphatic rings. The molecule has 1 aliphatic heterocycles. The van der Waals surface area contributed by atoms with Crippen LogP contribution in [0.4, 0.5) is 5.69 Å². The lowest BCUT2D eigenvalue weighted by Crippen LogP contribution is -2.30. The Morgan fingerprint density at radius 1 is 0.939 bits per heavy atom. The van der Waals surface area contributed by atoms with Crippen LogP contribution in [0.3, 0.4) is 0 Å². The van der Waals surface area contributed by atoms with Gasteiger partial charge in [-0.3, -0.25) is 19.2 Å². The third-order valence-corrected chi connectivity index (χ3v) is 7.94. The highest BCUT2D eigenvalue weighted by Gasteiger charge is 2.47. The van der Waals surface area contributed by atoms with Crippen molar-refractivity contribution >= 4 is 27.5 Å². The number of methoxy groups -OCH3 is 2. The highest BCUT2D eigenvalue weighted by molar-refractivity contribution is 7.92. The van der Waals surface area contributed by atoms with E-state index in [1.807, 2.05) is 0 Å². The van der Waals surface area contributed by atoms with E-state index in [2.05, 4.69) is 4.72 Å². The van der Waals surface area contributed by atoms with Gasteiger partial charge in [0.1, 0.15) is 11.5 Å². The average molecular weight is 473 g/mol. The SMILES string of the molecule is COc1cc(NS(=O)(=O)c2cc(CN3C(=O)[C@@H]4CCCC[C@H]4C3=O)ccc2C)cc(OC)c1. The van der Waals surface area contributed by atoms with Crippen molar-refractivity contribution in [2.24, 2.45) is 11.8 Å². The van der Waals surface area contributed by atoms with Gasteiger partial charge in [0.15, 0.2) is 0 Å². The Morgan fingerprint density at radius 3 is 2.06 bits per heavy atom. The number of nitrogens with zero attached hydrogens (tertiary/aromatic N) is 1. The zero-order valence-corrected chi connectivity index (χ0v) is 19.8. The Bertz CT molecular complexity index is 1150. The molecule has 1 heterocycles. The lowest BCUT2D eigenvalue weighted by Gasteiger charge is -2.19. The van der Waals surface area contributed by atoms with Crippen LogP contribution in [0.2, 0.25) is 0 Å². The van der Waals surface area contributed by atoms with Gasteiger partial charge in [0.05, 0.1) is 43.2 Å². The van der Waals surface area contributed by atoms with E-state index in [9.17, 15) is 18.0 Å². The third-order valence-electron chi connectivity index (χ3n) is 6.42. The highest BCUT2D eigenvalue weighted by Crippen LogP contribution is 2.38. The summed E-state index contributed by atoms with van der Waals surface area (Å²) in [5.41, 5.74) is 1.43. The number of rotatable bonds is 7. The van der Waals surface area contributed by atoms with E-state index in [0.29, 0.717) is 28.3 Å². The molecule has 9 heteroatoms. The second-order valence-electron chi connectivity index (χ2n) is 8.57. The molecule has 1 aliphatic carbocycles. The number of fused-ring (bicyclic) bond motifs is 1. The number of ether oxygens (including phenoxy) is 2. The first kappa shape index (κ1) is 23.1. The van der Waals surface area contributed by atoms with Crippen molar-refractivity contribution in [3.05, 3.63) is 47.5 Å². The molecular formula is C24H28N2O6S. The number of anilines is 1. The number of likely N-dealkylation sites (tertiary alicyclic amines) is 1. The van der Waals surface area contributed by atoms with Crippen molar-refractivity contribution in [2.75, 3.05) is 18.9 Å². The fraction of sp³-hybridized carbons (Fsp3) is 0.417. The molecule has 1 saturated carbocycles. The van der Waals surface area contributed by atoms with Crippen LogP contribution in [0, 0.1) is 18.8 Å². The van der Waals surface area contributed by atoms with E-state index in [-0.39, 0.29) is 35.1 Å². The molecule has 0 bridgehead atoms. The van der Waals surface area contributed by atoms with Crippen molar-refractivity contribution in [3.63, 3.8) is 0 Å². The second-order valence-corrected chi connectivity index (χ2v) is 10.2. The van der Waals surface area contributed by atoms with E-state index >= 15 is 0 Å². The van der Waals surface area contributed by atoms with Crippen LogP contribution in [-0.4, -0.2) is 39.4 Å². The van der Waals surface area contributed by atoms with E-state index in [1.54, 1.807) is 37.3 Å². The van der Waals surface area contributed by atoms with E-state index in [4.69, 9.17) is 9.47 Å². The maximum Gasteiger partial charge on any atom is 0.262 e. The molecule has 8 nitrogen and oxygen atoms in total. The summed E-state index contributed by atoms with van der Waals surface area (Å²) in [6, 6.07) is 9.73. The standard InChI is InChI=1S/C24H28N2O6S/c1-15-8-9-16(14-26-23(27)20-6-4-5-7-21(20)24(26)28)10-22(15)33(29,30)25-17-11-18(31-2)13-19(12-17)32-3/h8-13,20-21,25H,4-7,14H2,1-3H3/t20-,21-/m1/s1. The maximum absolute atomic E-state index is 13.2. The average Bonchev–Trinajstić information content (AvgIpc) is 3.04. The molecule has 4 rings (SSSR count). The van der Waals surface area contributed by atoms with Gasteiger partial charge in [0.25, 0.3) is 10.0 Å². The summed E-state index contributed by atoms with van der Waals surface area (Å²) in [6.45, 7) is 1.77. The van der Waals surface area contributed by atoms with Crippen LogP contribution in [-0.2, 0) is 26.2 Å². The number of sulfonamides is 1. The number of carbonyl (C=O) groups is 2. The van der Waals surface area contributed by atoms with Crippen molar-refractivity contribution in [2.45, 2.75) is 44.0 Å². The first-order valence-corrected chi connectivity index (χ1v) is 12.4. The molecule has 176 valence electrons. The lowest BCUT2D eigenvalue weighted by molar-refractivity contribution is -0.140. The van der Waals surface area contributed by atoms with Gasteiger partial charge in [-0.25, -0.2) is 8.42 Å². The molecule has 0 radical (unpaired) electrons. The Labute approximate surface area is 193 Å². The molecule has 2 aromatic rings. The van der Waals surface area contributed by atoms with Gasteiger partial charge in [-0.1, -0.05) is 25.0 Å². The molecular weight excluding hydrogens is 444 g/mol. The second kappa shape index (κ2) is 9.05. The number of nitrogens with one attached hydrogen (secondary N) is 1. The van der Waals surface area contributed by atoms with Crippen LogP contribution in [0.15, 0.2) is 41.3 Å². The number of aryl methyl sites for hydroxylation is 1. The Hall–Kier alpha value is -3.07. The summed E-state index contributed by atoms with van der Waals surface area (Å²) < 4.78 is 39.4. The molecule has 0 unspecified atom stereocenters. The van der Waals surface area contributed by atoms with Crippen molar-refractivity contribution < 1.29 is 27.5 Å². The largest absolute Gasteiger partial charge is 0.497 e. The summed E-state index contributed by atoms with van der Waals surface area (Å²) in [4.78, 5) is 27.0. The first-order valence-electron chi connectivity index (χ1n) is 10.9. The van der Waals surface area contributed by atoms with Gasteiger partial charge < -0.3 is 9.47 Å². The van der Waals surface area contributed by atoms with E-state index < -0.39 is 10.0 Å². The Kier molecular flexibility index (Phi) is 6.34. The molecule has 2 atom stereocenters.